The second kappa shape index (κ2) is 34.6. The molecule has 0 heterocycles. The molecule has 0 aliphatic rings. The van der Waals surface area contributed by atoms with Crippen molar-refractivity contribution < 1.29 is 4.74 Å². The molecule has 0 radical (unpaired) electrons. The normalized spacial score (nSPS) is 6.60. The minimum atomic E-state index is 1.32. The lowest BCUT2D eigenvalue weighted by molar-refractivity contribution is 0.277. The van der Waals surface area contributed by atoms with E-state index in [1.807, 2.05) is 12.5 Å². The summed E-state index contributed by atoms with van der Waals surface area (Å²) in [7, 11) is 3.25. The Kier molecular flexibility index (Phi) is 57.9. The summed E-state index contributed by atoms with van der Waals surface area (Å²) >= 11 is 1.75. The molecule has 10 heavy (non-hydrogen) atoms. The van der Waals surface area contributed by atoms with Gasteiger partial charge in [-0.25, -0.2) is 0 Å². The zero-order valence-corrected chi connectivity index (χ0v) is 9.05. The third kappa shape index (κ3) is 259. The molecular formula is C8H22OS. The third-order valence-electron chi connectivity index (χ3n) is 0.500. The lowest BCUT2D eigenvalue weighted by Gasteiger charge is -1.68. The number of thioether (sulfide) groups is 1. The summed E-state index contributed by atoms with van der Waals surface area (Å²) in [6.45, 7) is 4.36. The van der Waals surface area contributed by atoms with Gasteiger partial charge in [-0.3, -0.25) is 0 Å². The third-order valence-corrected chi connectivity index (χ3v) is 0.500. The first-order valence-electron chi connectivity index (χ1n) is 3.55. The van der Waals surface area contributed by atoms with Crippen LogP contribution in [0.15, 0.2) is 0 Å². The van der Waals surface area contributed by atoms with Gasteiger partial charge in [0, 0.05) is 14.2 Å². The summed E-state index contributed by atoms with van der Waals surface area (Å²) in [4.78, 5) is 0. The van der Waals surface area contributed by atoms with Crippen molar-refractivity contribution in [1.29, 1.82) is 0 Å². The summed E-state index contributed by atoms with van der Waals surface area (Å²) in [6, 6.07) is 0. The summed E-state index contributed by atoms with van der Waals surface area (Å²) in [5, 5.41) is 0. The van der Waals surface area contributed by atoms with E-state index in [0.717, 1.165) is 0 Å². The molecule has 66 valence electrons. The van der Waals surface area contributed by atoms with Crippen LogP contribution in [0.5, 0.6) is 0 Å². The molecule has 0 bridgehead atoms. The van der Waals surface area contributed by atoms with Crippen molar-refractivity contribution in [3.8, 4) is 0 Å². The molecule has 0 rings (SSSR count). The van der Waals surface area contributed by atoms with Gasteiger partial charge in [-0.1, -0.05) is 26.7 Å². The van der Waals surface area contributed by atoms with E-state index in [0.29, 0.717) is 0 Å². The molecule has 0 fully saturated rings. The minimum Gasteiger partial charge on any atom is -0.388 e. The van der Waals surface area contributed by atoms with Gasteiger partial charge in [-0.2, -0.15) is 11.8 Å². The molecule has 0 amide bonds. The van der Waals surface area contributed by atoms with Crippen molar-refractivity contribution in [3.05, 3.63) is 0 Å². The number of ether oxygens (including phenoxy) is 1. The molecule has 0 aliphatic carbocycles. The molecule has 0 N–H and O–H groups in total. The van der Waals surface area contributed by atoms with E-state index in [4.69, 9.17) is 0 Å². The van der Waals surface area contributed by atoms with Gasteiger partial charge in [0.15, 0.2) is 0 Å². The highest BCUT2D eigenvalue weighted by Gasteiger charge is 1.56. The maximum Gasteiger partial charge on any atom is 0.0351 e. The topological polar surface area (TPSA) is 9.23 Å². The molecule has 2 heteroatoms. The molecule has 0 unspecified atom stereocenters. The molecule has 0 atom stereocenters. The van der Waals surface area contributed by atoms with Crippen LogP contribution in [0.1, 0.15) is 26.7 Å². The van der Waals surface area contributed by atoms with Gasteiger partial charge in [-0.15, -0.1) is 0 Å². The van der Waals surface area contributed by atoms with Gasteiger partial charge < -0.3 is 4.74 Å². The Morgan fingerprint density at radius 1 is 1.00 bits per heavy atom. The van der Waals surface area contributed by atoms with E-state index in [1.54, 1.807) is 26.0 Å². The van der Waals surface area contributed by atoms with Crippen molar-refractivity contribution >= 4 is 11.8 Å². The largest absolute Gasteiger partial charge is 0.388 e. The van der Waals surface area contributed by atoms with Crippen LogP contribution in [0.4, 0.5) is 0 Å². The second-order valence-corrected chi connectivity index (χ2v) is 2.63. The lowest BCUT2D eigenvalue weighted by Crippen LogP contribution is -1.55. The molecule has 0 saturated carbocycles. The predicted molar refractivity (Wildman–Crippen MR) is 53.0 cm³/mol. The quantitative estimate of drug-likeness (QED) is 0.592. The number of rotatable bonds is 1. The van der Waals surface area contributed by atoms with Crippen molar-refractivity contribution in [3.63, 3.8) is 0 Å². The Hall–Kier alpha value is 0.310. The van der Waals surface area contributed by atoms with Gasteiger partial charge in [-0.05, 0) is 12.5 Å². The first kappa shape index (κ1) is 16.7. The van der Waals surface area contributed by atoms with Crippen LogP contribution in [0.2, 0.25) is 0 Å². The van der Waals surface area contributed by atoms with E-state index in [-0.39, 0.29) is 0 Å². The molecular weight excluding hydrogens is 144 g/mol. The van der Waals surface area contributed by atoms with Crippen LogP contribution < -0.4 is 0 Å². The smallest absolute Gasteiger partial charge is 0.0351 e. The van der Waals surface area contributed by atoms with Crippen molar-refractivity contribution in [2.24, 2.45) is 0 Å². The molecule has 1 nitrogen and oxygen atoms in total. The summed E-state index contributed by atoms with van der Waals surface area (Å²) < 4.78 is 4.25. The SMILES string of the molecule is CCCC.COC.CSC. The van der Waals surface area contributed by atoms with Crippen LogP contribution >= 0.6 is 11.8 Å². The average molecular weight is 166 g/mol. The van der Waals surface area contributed by atoms with Crippen molar-refractivity contribution in [2.75, 3.05) is 26.7 Å². The van der Waals surface area contributed by atoms with Crippen LogP contribution in [0.3, 0.4) is 0 Å². The highest BCUT2D eigenvalue weighted by Crippen LogP contribution is 1.76. The summed E-state index contributed by atoms with van der Waals surface area (Å²) in [6.07, 6.45) is 6.72. The van der Waals surface area contributed by atoms with E-state index >= 15 is 0 Å². The number of hydrogen-bond acceptors (Lipinski definition) is 2. The predicted octanol–water partition coefficient (Wildman–Crippen LogP) is 3.05. The Balaban J connectivity index is -0.0000000750. The van der Waals surface area contributed by atoms with Crippen LogP contribution in [-0.4, -0.2) is 26.7 Å². The molecule has 0 aromatic heterocycles. The van der Waals surface area contributed by atoms with Crippen LogP contribution in [-0.2, 0) is 4.74 Å². The Labute approximate surface area is 70.5 Å². The first-order chi connectivity index (χ1) is 4.74. The van der Waals surface area contributed by atoms with Gasteiger partial charge >= 0.3 is 0 Å². The number of hydrogen-bond donors (Lipinski definition) is 0. The van der Waals surface area contributed by atoms with Gasteiger partial charge in [0.2, 0.25) is 0 Å². The van der Waals surface area contributed by atoms with Crippen molar-refractivity contribution in [2.45, 2.75) is 26.7 Å². The van der Waals surface area contributed by atoms with E-state index in [2.05, 4.69) is 18.6 Å². The fourth-order valence-electron chi connectivity index (χ4n) is 0. The number of unbranched alkanes of at least 4 members (excludes halogenated alkanes) is 1. The maximum absolute atomic E-state index is 4.25. The standard InChI is InChI=1S/C4H10.C2H6O.C2H6S/c1-3-4-2;2*1-3-2/h3-4H2,1-2H3;2*1-2H3. The molecule has 0 aromatic carbocycles. The minimum absolute atomic E-state index is 1.32. The number of methoxy groups -OCH3 is 1. The van der Waals surface area contributed by atoms with Gasteiger partial charge in [0.1, 0.15) is 0 Å². The Morgan fingerprint density at radius 3 is 1.10 bits per heavy atom. The van der Waals surface area contributed by atoms with Gasteiger partial charge in [0.05, 0.1) is 0 Å². The van der Waals surface area contributed by atoms with Gasteiger partial charge in [0.25, 0.3) is 0 Å². The fourth-order valence-corrected chi connectivity index (χ4v) is 0. The van der Waals surface area contributed by atoms with E-state index in [9.17, 15) is 0 Å². The molecule has 0 aliphatic heterocycles. The summed E-state index contributed by atoms with van der Waals surface area (Å²) in [5.41, 5.74) is 0. The van der Waals surface area contributed by atoms with E-state index < -0.39 is 0 Å². The zero-order valence-electron chi connectivity index (χ0n) is 8.23. The van der Waals surface area contributed by atoms with Crippen molar-refractivity contribution in [1.82, 2.24) is 0 Å². The fraction of sp³-hybridized carbons (Fsp3) is 1.00. The monoisotopic (exact) mass is 166 g/mol. The Bertz CT molecular complexity index is 21.2. The summed E-state index contributed by atoms with van der Waals surface area (Å²) in [5.74, 6) is 0. The highest BCUT2D eigenvalue weighted by atomic mass is 32.2. The molecule has 0 aromatic rings. The zero-order chi connectivity index (χ0) is 8.83. The Morgan fingerprint density at radius 2 is 1.10 bits per heavy atom. The maximum atomic E-state index is 4.25. The van der Waals surface area contributed by atoms with Crippen LogP contribution in [0.25, 0.3) is 0 Å². The average Bonchev–Trinajstić information content (AvgIpc) is 1.91. The first-order valence-corrected chi connectivity index (χ1v) is 5.18. The van der Waals surface area contributed by atoms with E-state index in [1.165, 1.54) is 12.8 Å². The molecule has 0 saturated heterocycles. The lowest BCUT2D eigenvalue weighted by atomic mass is 10.4. The highest BCUT2D eigenvalue weighted by molar-refractivity contribution is 7.97. The molecule has 0 spiro atoms. The van der Waals surface area contributed by atoms with Crippen LogP contribution in [0, 0.1) is 0 Å². The second-order valence-electron chi connectivity index (χ2n) is 1.82.